The van der Waals surface area contributed by atoms with Gasteiger partial charge < -0.3 is 10.1 Å². The van der Waals surface area contributed by atoms with Crippen molar-refractivity contribution in [1.29, 1.82) is 0 Å². The number of ether oxygens (including phenoxy) is 1. The van der Waals surface area contributed by atoms with E-state index in [9.17, 15) is 4.79 Å². The molecule has 4 rings (SSSR count). The molecule has 154 valence electrons. The minimum Gasteiger partial charge on any atom is -0.492 e. The zero-order valence-electron chi connectivity index (χ0n) is 17.9. The molecule has 0 radical (unpaired) electrons. The maximum absolute atomic E-state index is 12.7. The summed E-state index contributed by atoms with van der Waals surface area (Å²) in [5, 5.41) is 3.13. The SMILES string of the molecule is C[C@@H](NC(=O)C1CC1c1ccc(C(C)(C)C)cc1)c1ccc(OCC2CC2)cn1. The van der Waals surface area contributed by atoms with Gasteiger partial charge in [-0.3, -0.25) is 9.78 Å². The zero-order chi connectivity index (χ0) is 20.6. The molecule has 0 saturated heterocycles. The molecule has 1 aromatic carbocycles. The smallest absolute Gasteiger partial charge is 0.224 e. The van der Waals surface area contributed by atoms with Gasteiger partial charge in [-0.15, -0.1) is 0 Å². The number of pyridine rings is 1. The number of nitrogens with one attached hydrogen (secondary N) is 1. The number of nitrogens with zero attached hydrogens (tertiary/aromatic N) is 1. The second-order valence-corrected chi connectivity index (χ2v) is 9.72. The Morgan fingerprint density at radius 3 is 2.48 bits per heavy atom. The van der Waals surface area contributed by atoms with Crippen molar-refractivity contribution >= 4 is 5.91 Å². The highest BCUT2D eigenvalue weighted by atomic mass is 16.5. The van der Waals surface area contributed by atoms with E-state index in [1.807, 2.05) is 19.1 Å². The third kappa shape index (κ3) is 4.98. The summed E-state index contributed by atoms with van der Waals surface area (Å²) in [6.45, 7) is 9.43. The summed E-state index contributed by atoms with van der Waals surface area (Å²) in [4.78, 5) is 17.2. The van der Waals surface area contributed by atoms with E-state index in [0.29, 0.717) is 5.92 Å². The van der Waals surface area contributed by atoms with Gasteiger partial charge in [0.1, 0.15) is 5.75 Å². The minimum atomic E-state index is -0.107. The van der Waals surface area contributed by atoms with Gasteiger partial charge in [0, 0.05) is 5.92 Å². The van der Waals surface area contributed by atoms with Gasteiger partial charge in [-0.1, -0.05) is 45.0 Å². The van der Waals surface area contributed by atoms with Crippen molar-refractivity contribution in [2.45, 2.75) is 64.3 Å². The van der Waals surface area contributed by atoms with Gasteiger partial charge in [0.25, 0.3) is 0 Å². The Morgan fingerprint density at radius 1 is 1.17 bits per heavy atom. The topological polar surface area (TPSA) is 51.2 Å². The molecule has 2 aliphatic carbocycles. The van der Waals surface area contributed by atoms with Crippen LogP contribution in [-0.2, 0) is 10.2 Å². The lowest BCUT2D eigenvalue weighted by atomic mass is 9.86. The standard InChI is InChI=1S/C25H32N2O2/c1-16(23-12-11-20(14-26-23)29-15-17-5-6-17)27-24(28)22-13-21(22)18-7-9-19(10-8-18)25(2,3)4/h7-12,14,16-17,21-22H,5-6,13,15H2,1-4H3,(H,27,28)/t16-,21?,22?/m1/s1. The largest absolute Gasteiger partial charge is 0.492 e. The summed E-state index contributed by atoms with van der Waals surface area (Å²) in [5.74, 6) is 2.06. The molecular formula is C25H32N2O2. The van der Waals surface area contributed by atoms with E-state index in [1.54, 1.807) is 6.20 Å². The number of carbonyl (C=O) groups is 1. The van der Waals surface area contributed by atoms with Crippen molar-refractivity contribution < 1.29 is 9.53 Å². The molecule has 4 heteroatoms. The third-order valence-electron chi connectivity index (χ3n) is 6.08. The maximum atomic E-state index is 12.7. The zero-order valence-corrected chi connectivity index (χ0v) is 17.9. The Hall–Kier alpha value is -2.36. The van der Waals surface area contributed by atoms with E-state index in [2.05, 4.69) is 55.3 Å². The first kappa shape index (κ1) is 19.9. The summed E-state index contributed by atoms with van der Waals surface area (Å²) in [6.07, 6.45) is 5.24. The van der Waals surface area contributed by atoms with Gasteiger partial charge >= 0.3 is 0 Å². The van der Waals surface area contributed by atoms with Crippen molar-refractivity contribution in [3.63, 3.8) is 0 Å². The van der Waals surface area contributed by atoms with Crippen LogP contribution in [0.4, 0.5) is 0 Å². The lowest BCUT2D eigenvalue weighted by Crippen LogP contribution is -2.29. The van der Waals surface area contributed by atoms with Gasteiger partial charge in [-0.2, -0.15) is 0 Å². The van der Waals surface area contributed by atoms with Crippen molar-refractivity contribution in [3.8, 4) is 5.75 Å². The minimum absolute atomic E-state index is 0.0686. The van der Waals surface area contributed by atoms with Crippen LogP contribution in [0.1, 0.15) is 75.7 Å². The number of carbonyl (C=O) groups excluding carboxylic acids is 1. The predicted octanol–water partition coefficient (Wildman–Crippen LogP) is 5.15. The highest BCUT2D eigenvalue weighted by molar-refractivity contribution is 5.83. The van der Waals surface area contributed by atoms with Crippen LogP contribution in [0, 0.1) is 11.8 Å². The molecule has 1 N–H and O–H groups in total. The summed E-state index contributed by atoms with van der Waals surface area (Å²) in [5.41, 5.74) is 3.61. The van der Waals surface area contributed by atoms with Gasteiger partial charge in [-0.05, 0) is 66.7 Å². The van der Waals surface area contributed by atoms with E-state index in [1.165, 1.54) is 24.0 Å². The fraction of sp³-hybridized carbons (Fsp3) is 0.520. The number of hydrogen-bond acceptors (Lipinski definition) is 3. The van der Waals surface area contributed by atoms with Crippen LogP contribution in [-0.4, -0.2) is 17.5 Å². The van der Waals surface area contributed by atoms with E-state index in [4.69, 9.17) is 4.74 Å². The van der Waals surface area contributed by atoms with Gasteiger partial charge in [0.15, 0.2) is 0 Å². The Morgan fingerprint density at radius 2 is 1.90 bits per heavy atom. The van der Waals surface area contributed by atoms with Crippen LogP contribution in [0.2, 0.25) is 0 Å². The Bertz CT molecular complexity index is 848. The van der Waals surface area contributed by atoms with Crippen molar-refractivity contribution in [2.75, 3.05) is 6.61 Å². The van der Waals surface area contributed by atoms with Crippen LogP contribution in [0.5, 0.6) is 5.75 Å². The fourth-order valence-electron chi connectivity index (χ4n) is 3.71. The molecule has 1 heterocycles. The lowest BCUT2D eigenvalue weighted by Gasteiger charge is -2.19. The summed E-state index contributed by atoms with van der Waals surface area (Å²) in [7, 11) is 0. The molecule has 4 nitrogen and oxygen atoms in total. The molecule has 2 unspecified atom stereocenters. The number of amides is 1. The Balaban J connectivity index is 1.29. The van der Waals surface area contributed by atoms with Crippen LogP contribution in [0.25, 0.3) is 0 Å². The average molecular weight is 393 g/mol. The van der Waals surface area contributed by atoms with Gasteiger partial charge in [0.05, 0.1) is 24.5 Å². The Labute approximate surface area is 174 Å². The Kier molecular flexibility index (Phi) is 5.37. The highest BCUT2D eigenvalue weighted by Gasteiger charge is 2.44. The van der Waals surface area contributed by atoms with E-state index < -0.39 is 0 Å². The molecule has 2 fully saturated rings. The van der Waals surface area contributed by atoms with Crippen LogP contribution in [0.3, 0.4) is 0 Å². The van der Waals surface area contributed by atoms with Gasteiger partial charge in [-0.25, -0.2) is 0 Å². The molecule has 2 aromatic rings. The quantitative estimate of drug-likeness (QED) is 0.709. The lowest BCUT2D eigenvalue weighted by molar-refractivity contribution is -0.123. The van der Waals surface area contributed by atoms with Crippen LogP contribution in [0.15, 0.2) is 42.6 Å². The second-order valence-electron chi connectivity index (χ2n) is 9.72. The fourth-order valence-corrected chi connectivity index (χ4v) is 3.71. The monoisotopic (exact) mass is 392 g/mol. The second kappa shape index (κ2) is 7.81. The molecule has 3 atom stereocenters. The molecule has 2 aliphatic rings. The van der Waals surface area contributed by atoms with Crippen LogP contribution >= 0.6 is 0 Å². The molecular weight excluding hydrogens is 360 g/mol. The molecule has 0 aliphatic heterocycles. The molecule has 0 bridgehead atoms. The first-order valence-corrected chi connectivity index (χ1v) is 10.8. The van der Waals surface area contributed by atoms with Crippen molar-refractivity contribution in [2.24, 2.45) is 11.8 Å². The first-order chi connectivity index (χ1) is 13.8. The van der Waals surface area contributed by atoms with Crippen molar-refractivity contribution in [3.05, 3.63) is 59.4 Å². The van der Waals surface area contributed by atoms with Gasteiger partial charge in [0.2, 0.25) is 5.91 Å². The number of benzene rings is 1. The summed E-state index contributed by atoms with van der Waals surface area (Å²) in [6, 6.07) is 12.6. The number of aromatic nitrogens is 1. The predicted molar refractivity (Wildman–Crippen MR) is 115 cm³/mol. The average Bonchev–Trinajstić information content (AvgIpc) is 3.60. The third-order valence-corrected chi connectivity index (χ3v) is 6.08. The number of rotatable bonds is 7. The van der Waals surface area contributed by atoms with E-state index in [-0.39, 0.29) is 23.3 Å². The summed E-state index contributed by atoms with van der Waals surface area (Å²) >= 11 is 0. The van der Waals surface area contributed by atoms with Crippen LogP contribution < -0.4 is 10.1 Å². The first-order valence-electron chi connectivity index (χ1n) is 10.8. The summed E-state index contributed by atoms with van der Waals surface area (Å²) < 4.78 is 5.74. The highest BCUT2D eigenvalue weighted by Crippen LogP contribution is 2.48. The maximum Gasteiger partial charge on any atom is 0.224 e. The normalized spacial score (nSPS) is 22.1. The number of hydrogen-bond donors (Lipinski definition) is 1. The molecule has 0 spiro atoms. The molecule has 1 amide bonds. The van der Waals surface area contributed by atoms with E-state index >= 15 is 0 Å². The van der Waals surface area contributed by atoms with E-state index in [0.717, 1.165) is 30.4 Å². The molecule has 2 saturated carbocycles. The molecule has 1 aromatic heterocycles. The van der Waals surface area contributed by atoms with Crippen molar-refractivity contribution in [1.82, 2.24) is 10.3 Å². The molecule has 29 heavy (non-hydrogen) atoms.